The Bertz CT molecular complexity index is 1960. The van der Waals surface area contributed by atoms with Gasteiger partial charge in [0.2, 0.25) is 0 Å². The predicted octanol–water partition coefficient (Wildman–Crippen LogP) is 24.5. The molecule has 0 aliphatic rings. The number of carbonyl (C=O) groups is 4. The van der Waals surface area contributed by atoms with Gasteiger partial charge in [-0.1, -0.05) is 376 Å². The number of hydrogen-bond donors (Lipinski definition) is 3. The monoisotopic (exact) mass is 1480 g/mol. The van der Waals surface area contributed by atoms with Crippen molar-refractivity contribution in [2.24, 2.45) is 17.8 Å². The highest BCUT2D eigenvalue weighted by Gasteiger charge is 2.30. The van der Waals surface area contributed by atoms with Gasteiger partial charge >= 0.3 is 39.5 Å². The lowest BCUT2D eigenvalue weighted by atomic mass is 9.99. The van der Waals surface area contributed by atoms with Crippen molar-refractivity contribution in [3.63, 3.8) is 0 Å². The zero-order valence-corrected chi connectivity index (χ0v) is 68.2. The van der Waals surface area contributed by atoms with Gasteiger partial charge in [-0.15, -0.1) is 0 Å². The van der Waals surface area contributed by atoms with Crippen LogP contribution >= 0.6 is 15.6 Å². The fourth-order valence-corrected chi connectivity index (χ4v) is 14.2. The molecule has 600 valence electrons. The van der Waals surface area contributed by atoms with Gasteiger partial charge in [0.1, 0.15) is 19.3 Å². The van der Waals surface area contributed by atoms with E-state index in [9.17, 15) is 43.2 Å². The summed E-state index contributed by atoms with van der Waals surface area (Å²) in [6.45, 7) is 12.0. The number of aliphatic hydroxyl groups excluding tert-OH is 1. The van der Waals surface area contributed by atoms with Crippen LogP contribution in [0.4, 0.5) is 0 Å². The van der Waals surface area contributed by atoms with Crippen LogP contribution in [0.1, 0.15) is 427 Å². The number of hydrogen-bond acceptors (Lipinski definition) is 15. The summed E-state index contributed by atoms with van der Waals surface area (Å²) >= 11 is 0. The van der Waals surface area contributed by atoms with Gasteiger partial charge in [0.25, 0.3) is 0 Å². The largest absolute Gasteiger partial charge is 0.472 e. The van der Waals surface area contributed by atoms with Gasteiger partial charge < -0.3 is 33.8 Å². The maximum atomic E-state index is 13.1. The smallest absolute Gasteiger partial charge is 0.462 e. The van der Waals surface area contributed by atoms with Crippen molar-refractivity contribution in [2.75, 3.05) is 39.6 Å². The molecule has 17 nitrogen and oxygen atoms in total. The van der Waals surface area contributed by atoms with Crippen LogP contribution in [0.15, 0.2) is 0 Å². The molecule has 0 saturated carbocycles. The van der Waals surface area contributed by atoms with Crippen LogP contribution in [0, 0.1) is 17.8 Å². The number of carbonyl (C=O) groups excluding carboxylic acids is 4. The normalized spacial score (nSPS) is 14.5. The molecular formula is C82H160O17P2. The molecule has 4 unspecified atom stereocenters. The lowest BCUT2D eigenvalue weighted by molar-refractivity contribution is -0.161. The number of aliphatic hydroxyl groups is 1. The van der Waals surface area contributed by atoms with Crippen LogP contribution in [0.3, 0.4) is 0 Å². The average Bonchev–Trinajstić information content (AvgIpc) is 0.973. The molecule has 0 fully saturated rings. The van der Waals surface area contributed by atoms with Gasteiger partial charge in [-0.05, 0) is 43.4 Å². The van der Waals surface area contributed by atoms with E-state index in [1.807, 2.05) is 0 Å². The molecular weight excluding hydrogens is 1320 g/mol. The predicted molar refractivity (Wildman–Crippen MR) is 414 cm³/mol. The second kappa shape index (κ2) is 72.3. The Kier molecular flexibility index (Phi) is 70.9. The van der Waals surface area contributed by atoms with E-state index >= 15 is 0 Å². The van der Waals surface area contributed by atoms with Crippen LogP contribution in [0.25, 0.3) is 0 Å². The first kappa shape index (κ1) is 99.1. The first-order valence-corrected chi connectivity index (χ1v) is 45.4. The molecule has 0 amide bonds. The minimum Gasteiger partial charge on any atom is -0.462 e. The minimum atomic E-state index is -4.96. The molecule has 0 aromatic carbocycles. The third-order valence-electron chi connectivity index (χ3n) is 19.9. The molecule has 0 rings (SSSR count). The number of unbranched alkanes of at least 4 members (excludes halogenated alkanes) is 46. The topological polar surface area (TPSA) is 237 Å². The summed E-state index contributed by atoms with van der Waals surface area (Å²) in [5.74, 6) is 0.291. The van der Waals surface area contributed by atoms with E-state index in [0.29, 0.717) is 25.7 Å². The molecule has 0 aliphatic heterocycles. The molecule has 0 aliphatic carbocycles. The van der Waals surface area contributed by atoms with Gasteiger partial charge in [-0.3, -0.25) is 37.3 Å². The Morgan fingerprint density at radius 3 is 0.752 bits per heavy atom. The first-order chi connectivity index (χ1) is 48.8. The highest BCUT2D eigenvalue weighted by Crippen LogP contribution is 2.45. The van der Waals surface area contributed by atoms with Crippen LogP contribution in [-0.4, -0.2) is 96.7 Å². The minimum absolute atomic E-state index is 0.106. The summed E-state index contributed by atoms with van der Waals surface area (Å²) < 4.78 is 68.7. The Labute approximate surface area is 619 Å². The second-order valence-corrected chi connectivity index (χ2v) is 33.4. The van der Waals surface area contributed by atoms with Crippen molar-refractivity contribution in [3.05, 3.63) is 0 Å². The molecule has 0 saturated heterocycles. The zero-order chi connectivity index (χ0) is 74.4. The summed E-state index contributed by atoms with van der Waals surface area (Å²) in [5, 5.41) is 10.6. The lowest BCUT2D eigenvalue weighted by Crippen LogP contribution is -2.30. The molecule has 0 bridgehead atoms. The summed E-state index contributed by atoms with van der Waals surface area (Å²) in [6, 6.07) is 0. The van der Waals surface area contributed by atoms with Gasteiger partial charge in [-0.25, -0.2) is 9.13 Å². The van der Waals surface area contributed by atoms with Crippen molar-refractivity contribution in [1.29, 1.82) is 0 Å². The summed E-state index contributed by atoms with van der Waals surface area (Å²) in [4.78, 5) is 73.1. The second-order valence-electron chi connectivity index (χ2n) is 30.5. The summed E-state index contributed by atoms with van der Waals surface area (Å²) in [7, 11) is -9.92. The number of phosphoric ester groups is 2. The van der Waals surface area contributed by atoms with Crippen molar-refractivity contribution < 1.29 is 80.2 Å². The molecule has 19 heteroatoms. The first-order valence-electron chi connectivity index (χ1n) is 42.4. The van der Waals surface area contributed by atoms with Crippen molar-refractivity contribution >= 4 is 39.5 Å². The Hall–Kier alpha value is -1.94. The van der Waals surface area contributed by atoms with E-state index in [0.717, 1.165) is 108 Å². The molecule has 0 aromatic rings. The third-order valence-corrected chi connectivity index (χ3v) is 21.8. The zero-order valence-electron chi connectivity index (χ0n) is 66.4. The van der Waals surface area contributed by atoms with Crippen LogP contribution in [0.2, 0.25) is 0 Å². The molecule has 3 N–H and O–H groups in total. The summed E-state index contributed by atoms with van der Waals surface area (Å²) in [6.07, 6.45) is 60.9. The van der Waals surface area contributed by atoms with Crippen molar-refractivity contribution in [2.45, 2.75) is 446 Å². The van der Waals surface area contributed by atoms with Crippen molar-refractivity contribution in [3.8, 4) is 0 Å². The maximum absolute atomic E-state index is 13.1. The van der Waals surface area contributed by atoms with Crippen LogP contribution in [0.5, 0.6) is 0 Å². The van der Waals surface area contributed by atoms with E-state index in [1.165, 1.54) is 238 Å². The third kappa shape index (κ3) is 73.4. The number of ether oxygens (including phenoxy) is 4. The molecule has 0 spiro atoms. The van der Waals surface area contributed by atoms with Gasteiger partial charge in [0, 0.05) is 25.7 Å². The van der Waals surface area contributed by atoms with E-state index < -0.39 is 97.5 Å². The van der Waals surface area contributed by atoms with Crippen LogP contribution < -0.4 is 0 Å². The molecule has 0 heterocycles. The van der Waals surface area contributed by atoms with E-state index in [1.54, 1.807) is 0 Å². The number of esters is 4. The Morgan fingerprint density at radius 2 is 0.505 bits per heavy atom. The highest BCUT2D eigenvalue weighted by molar-refractivity contribution is 7.47. The van der Waals surface area contributed by atoms with Gasteiger partial charge in [0.05, 0.1) is 26.4 Å². The molecule has 101 heavy (non-hydrogen) atoms. The fourth-order valence-electron chi connectivity index (χ4n) is 12.6. The van der Waals surface area contributed by atoms with Crippen LogP contribution in [-0.2, 0) is 65.4 Å². The average molecular weight is 1480 g/mol. The molecule has 7 atom stereocenters. The fraction of sp³-hybridized carbons (Fsp3) is 0.951. The standard InChI is InChI=1S/C82H160O17P2/c1-8-11-12-13-14-15-16-17-25-28-34-42-49-56-63-79(84)92-69-77(98-81(86)65-58-51-44-35-29-26-23-21-19-18-20-22-24-27-33-40-47-54-61-74(6)9-2)71-96-100(88,89)94-67-76(83)68-95-101(90,91)97-72-78(70-93-80(85)64-57-50-43-38-37-41-48-55-62-75(7)10-3)99-82(87)66-59-52-45-36-31-30-32-39-46-53-60-73(4)5/h73-78,83H,8-72H2,1-7H3,(H,88,89)(H,90,91)/t74?,75?,76-,77-,78-/m1/s1. The number of phosphoric acid groups is 2. The molecule has 0 aromatic heterocycles. The quantitative estimate of drug-likeness (QED) is 0.0222. The van der Waals surface area contributed by atoms with Crippen molar-refractivity contribution in [1.82, 2.24) is 0 Å². The van der Waals surface area contributed by atoms with E-state index in [4.69, 9.17) is 37.0 Å². The molecule has 0 radical (unpaired) electrons. The van der Waals surface area contributed by atoms with E-state index in [2.05, 4.69) is 48.5 Å². The number of rotatable bonds is 80. The summed E-state index contributed by atoms with van der Waals surface area (Å²) in [5.41, 5.74) is 0. The lowest BCUT2D eigenvalue weighted by Gasteiger charge is -2.21. The Morgan fingerprint density at radius 1 is 0.287 bits per heavy atom. The maximum Gasteiger partial charge on any atom is 0.472 e. The van der Waals surface area contributed by atoms with E-state index in [-0.39, 0.29) is 25.7 Å². The SMILES string of the molecule is CCCCCCCCCCCCCCCCC(=O)OC[C@H](COP(=O)(O)OC[C@@H](O)COP(=O)(O)OC[C@@H](COC(=O)CCCCCCCCCCC(C)CC)OC(=O)CCCCCCCCCCCCC(C)C)OC(=O)CCCCCCCCCCCCCCCCCCCCC(C)CC. The van der Waals surface area contributed by atoms with Gasteiger partial charge in [0.15, 0.2) is 12.2 Å². The highest BCUT2D eigenvalue weighted by atomic mass is 31.2. The Balaban J connectivity index is 5.23. The van der Waals surface area contributed by atoms with Gasteiger partial charge in [-0.2, -0.15) is 0 Å².